The van der Waals surface area contributed by atoms with E-state index in [2.05, 4.69) is 33.3 Å². The van der Waals surface area contributed by atoms with Gasteiger partial charge >= 0.3 is 0 Å². The molecule has 2 heterocycles. The Hall–Kier alpha value is -2.01. The summed E-state index contributed by atoms with van der Waals surface area (Å²) in [6.07, 6.45) is 1.93. The van der Waals surface area contributed by atoms with E-state index < -0.39 is 0 Å². The summed E-state index contributed by atoms with van der Waals surface area (Å²) in [7, 11) is 0. The first-order chi connectivity index (χ1) is 10.3. The first kappa shape index (κ1) is 13.9. The number of nitrogens with zero attached hydrogens (tertiary/aromatic N) is 2. The van der Waals surface area contributed by atoms with Crippen LogP contribution in [0.5, 0.6) is 5.75 Å². The van der Waals surface area contributed by atoms with Crippen LogP contribution < -0.4 is 10.5 Å². The molecule has 0 radical (unpaired) electrons. The van der Waals surface area contributed by atoms with Crippen LogP contribution in [0.4, 0.5) is 5.95 Å². The van der Waals surface area contributed by atoms with Gasteiger partial charge in [-0.2, -0.15) is 11.3 Å². The standard InChI is InChI=1S/C16H19N3OS/c1-2-9-20-14-5-3-4-13-15(14)18-16(17)19(13)8-6-12-7-10-21-11-12/h3-5,7,10-11H,2,6,8-9H2,1H3,(H2,17,18). The molecular weight excluding hydrogens is 282 g/mol. The second kappa shape index (κ2) is 6.18. The minimum atomic E-state index is 0.549. The maximum Gasteiger partial charge on any atom is 0.201 e. The number of ether oxygens (including phenoxy) is 1. The van der Waals surface area contributed by atoms with E-state index in [-0.39, 0.29) is 0 Å². The van der Waals surface area contributed by atoms with Gasteiger partial charge in [0.25, 0.3) is 0 Å². The van der Waals surface area contributed by atoms with Crippen molar-refractivity contribution >= 4 is 28.3 Å². The Bertz CT molecular complexity index is 719. The van der Waals surface area contributed by atoms with Crippen LogP contribution in [0, 0.1) is 0 Å². The Balaban J connectivity index is 1.89. The third kappa shape index (κ3) is 2.88. The number of benzene rings is 1. The number of nitrogen functional groups attached to an aromatic ring is 1. The quantitative estimate of drug-likeness (QED) is 0.755. The van der Waals surface area contributed by atoms with E-state index in [0.29, 0.717) is 12.6 Å². The van der Waals surface area contributed by atoms with E-state index in [4.69, 9.17) is 10.5 Å². The number of aryl methyl sites for hydroxylation is 2. The summed E-state index contributed by atoms with van der Waals surface area (Å²) in [6, 6.07) is 8.14. The van der Waals surface area contributed by atoms with Gasteiger partial charge in [-0.25, -0.2) is 4.98 Å². The molecule has 0 aliphatic rings. The minimum Gasteiger partial charge on any atom is -0.491 e. The largest absolute Gasteiger partial charge is 0.491 e. The van der Waals surface area contributed by atoms with Crippen LogP contribution in [-0.4, -0.2) is 16.2 Å². The Morgan fingerprint density at radius 2 is 2.24 bits per heavy atom. The molecule has 3 rings (SSSR count). The van der Waals surface area contributed by atoms with E-state index in [1.54, 1.807) is 11.3 Å². The summed E-state index contributed by atoms with van der Waals surface area (Å²) in [4.78, 5) is 4.48. The second-order valence-corrected chi connectivity index (χ2v) is 5.76. The zero-order valence-electron chi connectivity index (χ0n) is 12.1. The van der Waals surface area contributed by atoms with Crippen LogP contribution in [0.15, 0.2) is 35.0 Å². The lowest BCUT2D eigenvalue weighted by Gasteiger charge is -2.07. The fourth-order valence-electron chi connectivity index (χ4n) is 2.38. The van der Waals surface area contributed by atoms with Crippen molar-refractivity contribution in [3.8, 4) is 5.75 Å². The fourth-order valence-corrected chi connectivity index (χ4v) is 3.08. The van der Waals surface area contributed by atoms with Crippen molar-refractivity contribution in [3.63, 3.8) is 0 Å². The normalized spacial score (nSPS) is 11.1. The molecule has 0 aliphatic heterocycles. The predicted molar refractivity (Wildman–Crippen MR) is 88.0 cm³/mol. The molecule has 110 valence electrons. The highest BCUT2D eigenvalue weighted by Crippen LogP contribution is 2.27. The molecule has 0 saturated heterocycles. The molecule has 21 heavy (non-hydrogen) atoms. The molecule has 4 nitrogen and oxygen atoms in total. The topological polar surface area (TPSA) is 53.1 Å². The third-order valence-corrected chi connectivity index (χ3v) is 4.17. The average molecular weight is 301 g/mol. The maximum absolute atomic E-state index is 6.09. The average Bonchev–Trinajstić information content (AvgIpc) is 3.10. The number of anilines is 1. The zero-order valence-corrected chi connectivity index (χ0v) is 12.9. The van der Waals surface area contributed by atoms with Crippen molar-refractivity contribution in [2.45, 2.75) is 26.3 Å². The summed E-state index contributed by atoms with van der Waals surface area (Å²) in [5.41, 5.74) is 9.32. The van der Waals surface area contributed by atoms with E-state index in [1.165, 1.54) is 5.56 Å². The van der Waals surface area contributed by atoms with E-state index in [0.717, 1.165) is 36.2 Å². The third-order valence-electron chi connectivity index (χ3n) is 3.44. The molecule has 0 spiro atoms. The monoisotopic (exact) mass is 301 g/mol. The van der Waals surface area contributed by atoms with Crippen molar-refractivity contribution in [2.75, 3.05) is 12.3 Å². The van der Waals surface area contributed by atoms with Crippen LogP contribution in [0.2, 0.25) is 0 Å². The van der Waals surface area contributed by atoms with Crippen LogP contribution >= 0.6 is 11.3 Å². The fraction of sp³-hybridized carbons (Fsp3) is 0.312. The number of imidazole rings is 1. The van der Waals surface area contributed by atoms with Gasteiger partial charge in [-0.3, -0.25) is 0 Å². The molecule has 0 amide bonds. The minimum absolute atomic E-state index is 0.549. The highest BCUT2D eigenvalue weighted by Gasteiger charge is 2.12. The smallest absolute Gasteiger partial charge is 0.201 e. The van der Waals surface area contributed by atoms with Crippen molar-refractivity contribution in [1.29, 1.82) is 0 Å². The lowest BCUT2D eigenvalue weighted by molar-refractivity contribution is 0.320. The summed E-state index contributed by atoms with van der Waals surface area (Å²) in [6.45, 7) is 3.62. The van der Waals surface area contributed by atoms with Crippen LogP contribution in [0.25, 0.3) is 11.0 Å². The van der Waals surface area contributed by atoms with E-state index >= 15 is 0 Å². The number of thiophene rings is 1. The number of para-hydroxylation sites is 1. The van der Waals surface area contributed by atoms with E-state index in [9.17, 15) is 0 Å². The van der Waals surface area contributed by atoms with Crippen molar-refractivity contribution in [3.05, 3.63) is 40.6 Å². The van der Waals surface area contributed by atoms with Gasteiger partial charge in [0, 0.05) is 6.54 Å². The van der Waals surface area contributed by atoms with Crippen LogP contribution in [0.3, 0.4) is 0 Å². The molecule has 1 aromatic carbocycles. The number of aromatic nitrogens is 2. The number of fused-ring (bicyclic) bond motifs is 1. The first-order valence-corrected chi connectivity index (χ1v) is 8.12. The van der Waals surface area contributed by atoms with Crippen molar-refractivity contribution in [1.82, 2.24) is 9.55 Å². The molecule has 0 aliphatic carbocycles. The molecule has 2 aromatic heterocycles. The van der Waals surface area contributed by atoms with Gasteiger partial charge < -0.3 is 15.0 Å². The molecule has 0 unspecified atom stereocenters. The molecule has 0 saturated carbocycles. The molecule has 0 bridgehead atoms. The lowest BCUT2D eigenvalue weighted by Crippen LogP contribution is -2.05. The molecule has 0 fully saturated rings. The number of rotatable bonds is 6. The zero-order chi connectivity index (χ0) is 14.7. The highest BCUT2D eigenvalue weighted by molar-refractivity contribution is 7.07. The van der Waals surface area contributed by atoms with Crippen molar-refractivity contribution < 1.29 is 4.74 Å². The summed E-state index contributed by atoms with van der Waals surface area (Å²) in [5, 5.41) is 4.27. The Morgan fingerprint density at radius 1 is 1.33 bits per heavy atom. The maximum atomic E-state index is 6.09. The SMILES string of the molecule is CCCOc1cccc2c1nc(N)n2CCc1ccsc1. The van der Waals surface area contributed by atoms with Crippen molar-refractivity contribution in [2.24, 2.45) is 0 Å². The molecule has 2 N–H and O–H groups in total. The van der Waals surface area contributed by atoms with Crippen LogP contribution in [-0.2, 0) is 13.0 Å². The molecule has 3 aromatic rings. The summed E-state index contributed by atoms with van der Waals surface area (Å²) >= 11 is 1.72. The number of hydrogen-bond donors (Lipinski definition) is 1. The van der Waals surface area contributed by atoms with Crippen LogP contribution in [0.1, 0.15) is 18.9 Å². The Kier molecular flexibility index (Phi) is 4.10. The summed E-state index contributed by atoms with van der Waals surface area (Å²) < 4.78 is 7.82. The predicted octanol–water partition coefficient (Wildman–Crippen LogP) is 3.71. The number of hydrogen-bond acceptors (Lipinski definition) is 4. The summed E-state index contributed by atoms with van der Waals surface area (Å²) in [5.74, 6) is 1.36. The Labute approximate surface area is 128 Å². The van der Waals surface area contributed by atoms with Gasteiger partial charge in [0.1, 0.15) is 11.3 Å². The van der Waals surface area contributed by atoms with Gasteiger partial charge in [-0.15, -0.1) is 0 Å². The van der Waals surface area contributed by atoms with Gasteiger partial charge in [0.15, 0.2) is 0 Å². The van der Waals surface area contributed by atoms with Gasteiger partial charge in [0.05, 0.1) is 12.1 Å². The molecule has 0 atom stereocenters. The molecule has 5 heteroatoms. The van der Waals surface area contributed by atoms with Gasteiger partial charge in [0.2, 0.25) is 5.95 Å². The Morgan fingerprint density at radius 3 is 3.00 bits per heavy atom. The van der Waals surface area contributed by atoms with E-state index in [1.807, 2.05) is 18.2 Å². The highest BCUT2D eigenvalue weighted by atomic mass is 32.1. The second-order valence-electron chi connectivity index (χ2n) is 4.98. The van der Waals surface area contributed by atoms with Gasteiger partial charge in [-0.1, -0.05) is 13.0 Å². The lowest BCUT2D eigenvalue weighted by atomic mass is 10.2. The first-order valence-electron chi connectivity index (χ1n) is 7.18. The van der Waals surface area contributed by atoms with Gasteiger partial charge in [-0.05, 0) is 47.4 Å². The number of nitrogens with two attached hydrogens (primary N) is 1. The molecular formula is C16H19N3OS.